The number of fused-ring (bicyclic) bond motifs is 3. The predicted octanol–water partition coefficient (Wildman–Crippen LogP) is 2.69. The van der Waals surface area contributed by atoms with Crippen LogP contribution in [-0.2, 0) is 4.79 Å². The van der Waals surface area contributed by atoms with E-state index in [1.807, 2.05) is 36.4 Å². The maximum Gasteiger partial charge on any atom is 0.262 e. The minimum absolute atomic E-state index is 0.00545. The molecule has 0 saturated heterocycles. The smallest absolute Gasteiger partial charge is 0.262 e. The van der Waals surface area contributed by atoms with E-state index in [9.17, 15) is 4.79 Å². The number of benzene rings is 2. The first-order valence-electron chi connectivity index (χ1n) is 5.98. The topological polar surface area (TPSA) is 47.6 Å². The van der Waals surface area contributed by atoms with E-state index in [2.05, 4.69) is 5.32 Å². The number of hydrogen-bond acceptors (Lipinski definition) is 3. The van der Waals surface area contributed by atoms with Gasteiger partial charge in [-0.3, -0.25) is 4.79 Å². The van der Waals surface area contributed by atoms with E-state index in [-0.39, 0.29) is 12.5 Å². The van der Waals surface area contributed by atoms with E-state index in [0.717, 1.165) is 16.8 Å². The average molecular weight is 255 g/mol. The molecule has 1 amide bonds. The van der Waals surface area contributed by atoms with Gasteiger partial charge in [-0.25, -0.2) is 0 Å². The van der Waals surface area contributed by atoms with E-state index in [4.69, 9.17) is 9.47 Å². The van der Waals surface area contributed by atoms with Crippen LogP contribution in [0.15, 0.2) is 42.5 Å². The van der Waals surface area contributed by atoms with E-state index >= 15 is 0 Å². The quantitative estimate of drug-likeness (QED) is 0.852. The Hall–Kier alpha value is -2.49. The molecule has 0 aliphatic carbocycles. The zero-order valence-electron chi connectivity index (χ0n) is 10.5. The molecule has 1 N–H and O–H groups in total. The summed E-state index contributed by atoms with van der Waals surface area (Å²) in [7, 11) is 1.60. The fourth-order valence-corrected chi connectivity index (χ4v) is 2.13. The second-order valence-corrected chi connectivity index (χ2v) is 4.24. The van der Waals surface area contributed by atoms with Crippen molar-refractivity contribution in [3.8, 4) is 22.6 Å². The van der Waals surface area contributed by atoms with Gasteiger partial charge in [0, 0.05) is 22.9 Å². The SMILES string of the molecule is COc1ccc2c(c1)OCC(=O)Nc1ccccc1-2. The molecular weight excluding hydrogens is 242 g/mol. The summed E-state index contributed by atoms with van der Waals surface area (Å²) < 4.78 is 10.7. The standard InChI is InChI=1S/C15H13NO3/c1-18-10-6-7-12-11-4-2-3-5-13(11)16-15(17)9-19-14(12)8-10/h2-8H,9H2,1H3,(H,16,17). The van der Waals surface area contributed by atoms with Crippen molar-refractivity contribution in [2.45, 2.75) is 0 Å². The largest absolute Gasteiger partial charge is 0.497 e. The van der Waals surface area contributed by atoms with E-state index in [0.29, 0.717) is 11.5 Å². The number of carbonyl (C=O) groups is 1. The highest BCUT2D eigenvalue weighted by atomic mass is 16.5. The van der Waals surface area contributed by atoms with Gasteiger partial charge in [0.05, 0.1) is 7.11 Å². The third kappa shape index (κ3) is 2.12. The van der Waals surface area contributed by atoms with Crippen LogP contribution in [0.5, 0.6) is 11.5 Å². The number of carbonyl (C=O) groups excluding carboxylic acids is 1. The Kier molecular flexibility index (Phi) is 2.83. The van der Waals surface area contributed by atoms with Gasteiger partial charge in [0.25, 0.3) is 5.91 Å². The zero-order valence-corrected chi connectivity index (χ0v) is 10.5. The highest BCUT2D eigenvalue weighted by molar-refractivity contribution is 5.98. The van der Waals surface area contributed by atoms with Gasteiger partial charge >= 0.3 is 0 Å². The molecule has 2 aromatic rings. The fraction of sp³-hybridized carbons (Fsp3) is 0.133. The first kappa shape index (κ1) is 11.6. The van der Waals surface area contributed by atoms with Crippen molar-refractivity contribution in [2.24, 2.45) is 0 Å². The summed E-state index contributed by atoms with van der Waals surface area (Å²) in [6, 6.07) is 13.3. The Balaban J connectivity index is 2.20. The minimum atomic E-state index is -0.166. The fourth-order valence-electron chi connectivity index (χ4n) is 2.13. The van der Waals surface area contributed by atoms with Gasteiger partial charge in [-0.2, -0.15) is 0 Å². The third-order valence-electron chi connectivity index (χ3n) is 3.04. The van der Waals surface area contributed by atoms with Crippen LogP contribution in [0.3, 0.4) is 0 Å². The van der Waals surface area contributed by atoms with Gasteiger partial charge in [-0.05, 0) is 18.2 Å². The molecule has 96 valence electrons. The molecule has 1 aliphatic heterocycles. The monoisotopic (exact) mass is 255 g/mol. The van der Waals surface area contributed by atoms with E-state index in [1.165, 1.54) is 0 Å². The molecule has 4 nitrogen and oxygen atoms in total. The highest BCUT2D eigenvalue weighted by Crippen LogP contribution is 2.38. The molecular formula is C15H13NO3. The van der Waals surface area contributed by atoms with Crippen LogP contribution in [0.25, 0.3) is 11.1 Å². The molecule has 1 heterocycles. The number of ether oxygens (including phenoxy) is 2. The Morgan fingerprint density at radius 3 is 2.84 bits per heavy atom. The number of methoxy groups -OCH3 is 1. The van der Waals surface area contributed by atoms with E-state index < -0.39 is 0 Å². The van der Waals surface area contributed by atoms with Crippen molar-refractivity contribution in [3.63, 3.8) is 0 Å². The van der Waals surface area contributed by atoms with Gasteiger partial charge < -0.3 is 14.8 Å². The minimum Gasteiger partial charge on any atom is -0.497 e. The van der Waals surface area contributed by atoms with Crippen molar-refractivity contribution in [3.05, 3.63) is 42.5 Å². The Labute approximate surface area is 111 Å². The maximum atomic E-state index is 11.7. The van der Waals surface area contributed by atoms with Crippen molar-refractivity contribution >= 4 is 11.6 Å². The first-order valence-corrected chi connectivity index (χ1v) is 5.98. The molecule has 0 unspecified atom stereocenters. The molecule has 19 heavy (non-hydrogen) atoms. The van der Waals surface area contributed by atoms with E-state index in [1.54, 1.807) is 13.2 Å². The molecule has 0 radical (unpaired) electrons. The van der Waals surface area contributed by atoms with Crippen LogP contribution >= 0.6 is 0 Å². The van der Waals surface area contributed by atoms with Crippen molar-refractivity contribution in [2.75, 3.05) is 19.0 Å². The summed E-state index contributed by atoms with van der Waals surface area (Å²) in [5, 5.41) is 2.84. The molecule has 2 aromatic carbocycles. The molecule has 0 atom stereocenters. The third-order valence-corrected chi connectivity index (χ3v) is 3.04. The van der Waals surface area contributed by atoms with Crippen LogP contribution in [0.4, 0.5) is 5.69 Å². The maximum absolute atomic E-state index is 11.7. The normalized spacial score (nSPS) is 13.2. The highest BCUT2D eigenvalue weighted by Gasteiger charge is 2.17. The van der Waals surface area contributed by atoms with Gasteiger partial charge in [-0.15, -0.1) is 0 Å². The second kappa shape index (κ2) is 4.65. The Bertz CT molecular complexity index is 637. The number of para-hydroxylation sites is 1. The van der Waals surface area contributed by atoms with Gasteiger partial charge in [0.2, 0.25) is 0 Å². The molecule has 0 spiro atoms. The summed E-state index contributed by atoms with van der Waals surface area (Å²) in [4.78, 5) is 11.7. The predicted molar refractivity (Wildman–Crippen MR) is 72.6 cm³/mol. The summed E-state index contributed by atoms with van der Waals surface area (Å²) in [6.45, 7) is -0.00545. The second-order valence-electron chi connectivity index (χ2n) is 4.24. The number of anilines is 1. The van der Waals surface area contributed by atoms with Crippen LogP contribution < -0.4 is 14.8 Å². The van der Waals surface area contributed by atoms with Gasteiger partial charge in [0.1, 0.15) is 11.5 Å². The Morgan fingerprint density at radius 1 is 1.16 bits per heavy atom. The lowest BCUT2D eigenvalue weighted by atomic mass is 10.0. The number of hydrogen-bond donors (Lipinski definition) is 1. The van der Waals surface area contributed by atoms with Gasteiger partial charge in [-0.1, -0.05) is 18.2 Å². The van der Waals surface area contributed by atoms with Crippen LogP contribution in [0.2, 0.25) is 0 Å². The number of amides is 1. The molecule has 0 bridgehead atoms. The lowest BCUT2D eigenvalue weighted by Crippen LogP contribution is -2.22. The zero-order chi connectivity index (χ0) is 13.2. The number of nitrogens with one attached hydrogen (secondary N) is 1. The van der Waals surface area contributed by atoms with Crippen molar-refractivity contribution < 1.29 is 14.3 Å². The lowest BCUT2D eigenvalue weighted by Gasteiger charge is -2.19. The average Bonchev–Trinajstić information content (AvgIpc) is 2.44. The summed E-state index contributed by atoms with van der Waals surface area (Å²) in [6.07, 6.45) is 0. The van der Waals surface area contributed by atoms with Crippen molar-refractivity contribution in [1.82, 2.24) is 0 Å². The molecule has 4 heteroatoms. The van der Waals surface area contributed by atoms with Crippen LogP contribution in [-0.4, -0.2) is 19.6 Å². The van der Waals surface area contributed by atoms with Crippen molar-refractivity contribution in [1.29, 1.82) is 0 Å². The van der Waals surface area contributed by atoms with Gasteiger partial charge in [0.15, 0.2) is 6.61 Å². The lowest BCUT2D eigenvalue weighted by molar-refractivity contribution is -0.118. The van der Waals surface area contributed by atoms with Crippen LogP contribution in [0.1, 0.15) is 0 Å². The first-order chi connectivity index (χ1) is 9.28. The number of rotatable bonds is 1. The summed E-state index contributed by atoms with van der Waals surface area (Å²) in [5.74, 6) is 1.19. The summed E-state index contributed by atoms with van der Waals surface area (Å²) >= 11 is 0. The van der Waals surface area contributed by atoms with Crippen LogP contribution in [0, 0.1) is 0 Å². The molecule has 0 aromatic heterocycles. The molecule has 3 rings (SSSR count). The Morgan fingerprint density at radius 2 is 2.00 bits per heavy atom. The molecule has 1 aliphatic rings. The molecule has 0 fully saturated rings. The molecule has 0 saturated carbocycles. The summed E-state index contributed by atoms with van der Waals surface area (Å²) in [5.41, 5.74) is 2.67.